The van der Waals surface area contributed by atoms with Crippen LogP contribution in [0.1, 0.15) is 56.1 Å². The summed E-state index contributed by atoms with van der Waals surface area (Å²) in [5, 5.41) is 5.15. The van der Waals surface area contributed by atoms with Crippen LogP contribution in [0.15, 0.2) is 30.5 Å². The topological polar surface area (TPSA) is 64.2 Å². The summed E-state index contributed by atoms with van der Waals surface area (Å²) in [6, 6.07) is 7.64. The number of aromatic nitrogens is 2. The predicted molar refractivity (Wildman–Crippen MR) is 105 cm³/mol. The minimum Gasteiger partial charge on any atom is -0.338 e. The summed E-state index contributed by atoms with van der Waals surface area (Å²) in [7, 11) is 0. The van der Waals surface area contributed by atoms with Crippen LogP contribution in [0.25, 0.3) is 5.69 Å². The van der Waals surface area contributed by atoms with E-state index in [2.05, 4.69) is 32.8 Å². The Hall–Kier alpha value is -1.85. The van der Waals surface area contributed by atoms with E-state index >= 15 is 0 Å². The zero-order valence-corrected chi connectivity index (χ0v) is 16.6. The number of halogens is 1. The number of piperidine rings is 1. The molecule has 2 aromatic rings. The molecule has 1 fully saturated rings. The van der Waals surface area contributed by atoms with Crippen LogP contribution < -0.4 is 5.73 Å². The Morgan fingerprint density at radius 3 is 2.73 bits per heavy atom. The Balaban J connectivity index is 1.97. The van der Waals surface area contributed by atoms with Crippen molar-refractivity contribution < 1.29 is 4.79 Å². The molecule has 0 radical (unpaired) electrons. The standard InChI is InChI=1S/C20H27ClN4O/c1-13(2)18-16(11-23-25(18)15-7-5-6-14(21)10-15)19(26)24-9-8-17(22)20(3,4)12-24/h5-7,10-11,13,17H,8-9,12,22H2,1-4H3. The molecule has 5 nitrogen and oxygen atoms in total. The zero-order chi connectivity index (χ0) is 19.1. The molecule has 0 aliphatic carbocycles. The van der Waals surface area contributed by atoms with Crippen molar-refractivity contribution in [2.24, 2.45) is 11.1 Å². The number of hydrogen-bond acceptors (Lipinski definition) is 3. The number of hydrogen-bond donors (Lipinski definition) is 1. The zero-order valence-electron chi connectivity index (χ0n) is 15.9. The van der Waals surface area contributed by atoms with Crippen molar-refractivity contribution in [2.45, 2.75) is 46.1 Å². The second kappa shape index (κ2) is 7.05. The van der Waals surface area contributed by atoms with E-state index in [0.29, 0.717) is 23.7 Å². The highest BCUT2D eigenvalue weighted by atomic mass is 35.5. The summed E-state index contributed by atoms with van der Waals surface area (Å²) in [6.45, 7) is 9.73. The molecule has 3 rings (SSSR count). The molecule has 26 heavy (non-hydrogen) atoms. The summed E-state index contributed by atoms with van der Waals surface area (Å²) in [5.74, 6) is 0.178. The van der Waals surface area contributed by atoms with E-state index in [1.165, 1.54) is 0 Å². The molecule has 1 aromatic heterocycles. The monoisotopic (exact) mass is 374 g/mol. The lowest BCUT2D eigenvalue weighted by atomic mass is 9.79. The van der Waals surface area contributed by atoms with Gasteiger partial charge in [-0.15, -0.1) is 0 Å². The first-order valence-electron chi connectivity index (χ1n) is 9.09. The lowest BCUT2D eigenvalue weighted by Crippen LogP contribution is -2.54. The molecule has 2 N–H and O–H groups in total. The first-order chi connectivity index (χ1) is 12.2. The van der Waals surface area contributed by atoms with E-state index in [1.807, 2.05) is 33.8 Å². The van der Waals surface area contributed by atoms with E-state index in [4.69, 9.17) is 17.3 Å². The Labute approximate surface area is 160 Å². The fourth-order valence-corrected chi connectivity index (χ4v) is 3.79. The van der Waals surface area contributed by atoms with Crippen molar-refractivity contribution in [3.05, 3.63) is 46.7 Å². The van der Waals surface area contributed by atoms with Crippen LogP contribution in [0.2, 0.25) is 5.02 Å². The molecule has 1 aliphatic heterocycles. The Kier molecular flexibility index (Phi) is 5.13. The molecule has 1 aliphatic rings. The van der Waals surface area contributed by atoms with Gasteiger partial charge in [-0.05, 0) is 36.0 Å². The third kappa shape index (κ3) is 3.51. The van der Waals surface area contributed by atoms with Gasteiger partial charge in [0, 0.05) is 24.2 Å². The van der Waals surface area contributed by atoms with Crippen LogP contribution in [0.3, 0.4) is 0 Å². The summed E-state index contributed by atoms with van der Waals surface area (Å²) in [5.41, 5.74) is 8.56. The molecule has 1 atom stereocenters. The Morgan fingerprint density at radius 2 is 2.12 bits per heavy atom. The van der Waals surface area contributed by atoms with E-state index in [0.717, 1.165) is 17.8 Å². The molecule has 2 heterocycles. The fourth-order valence-electron chi connectivity index (χ4n) is 3.61. The number of rotatable bonds is 3. The summed E-state index contributed by atoms with van der Waals surface area (Å²) in [4.78, 5) is 15.1. The molecular weight excluding hydrogens is 348 g/mol. The van der Waals surface area contributed by atoms with Crippen molar-refractivity contribution in [1.82, 2.24) is 14.7 Å². The molecule has 1 amide bonds. The smallest absolute Gasteiger partial charge is 0.257 e. The Bertz CT molecular complexity index is 812. The fraction of sp³-hybridized carbons (Fsp3) is 0.500. The van der Waals surface area contributed by atoms with Gasteiger partial charge >= 0.3 is 0 Å². The summed E-state index contributed by atoms with van der Waals surface area (Å²) < 4.78 is 1.82. The van der Waals surface area contributed by atoms with Crippen LogP contribution in [0.5, 0.6) is 0 Å². The minimum absolute atomic E-state index is 0.0296. The third-order valence-electron chi connectivity index (χ3n) is 5.24. The van der Waals surface area contributed by atoms with Crippen molar-refractivity contribution in [3.8, 4) is 5.69 Å². The van der Waals surface area contributed by atoms with Crippen LogP contribution in [0.4, 0.5) is 0 Å². The minimum atomic E-state index is -0.0884. The molecule has 1 aromatic carbocycles. The molecule has 6 heteroatoms. The van der Waals surface area contributed by atoms with E-state index in [1.54, 1.807) is 6.20 Å². The van der Waals surface area contributed by atoms with E-state index < -0.39 is 0 Å². The number of likely N-dealkylation sites (tertiary alicyclic amines) is 1. The Morgan fingerprint density at radius 1 is 1.38 bits per heavy atom. The quantitative estimate of drug-likeness (QED) is 0.887. The van der Waals surface area contributed by atoms with Crippen LogP contribution >= 0.6 is 11.6 Å². The highest BCUT2D eigenvalue weighted by molar-refractivity contribution is 6.30. The summed E-state index contributed by atoms with van der Waals surface area (Å²) in [6.07, 6.45) is 2.50. The van der Waals surface area contributed by atoms with Gasteiger partial charge in [-0.2, -0.15) is 5.10 Å². The molecule has 0 spiro atoms. The first-order valence-corrected chi connectivity index (χ1v) is 9.47. The van der Waals surface area contributed by atoms with Crippen LogP contribution in [-0.4, -0.2) is 39.7 Å². The van der Waals surface area contributed by atoms with Gasteiger partial charge in [0.25, 0.3) is 5.91 Å². The van der Waals surface area contributed by atoms with Gasteiger partial charge in [0.05, 0.1) is 23.1 Å². The van der Waals surface area contributed by atoms with Gasteiger partial charge in [-0.3, -0.25) is 4.79 Å². The molecule has 0 saturated carbocycles. The highest BCUT2D eigenvalue weighted by Gasteiger charge is 2.36. The maximum Gasteiger partial charge on any atom is 0.257 e. The largest absolute Gasteiger partial charge is 0.338 e. The van der Waals surface area contributed by atoms with Crippen LogP contribution in [0, 0.1) is 5.41 Å². The number of carbonyl (C=O) groups is 1. The lowest BCUT2D eigenvalue weighted by molar-refractivity contribution is 0.0531. The van der Waals surface area contributed by atoms with Gasteiger partial charge in [-0.25, -0.2) is 4.68 Å². The van der Waals surface area contributed by atoms with E-state index in [9.17, 15) is 4.79 Å². The number of carbonyl (C=O) groups excluding carboxylic acids is 1. The maximum atomic E-state index is 13.2. The van der Waals surface area contributed by atoms with Gasteiger partial charge in [0.2, 0.25) is 0 Å². The molecule has 140 valence electrons. The number of benzene rings is 1. The molecule has 1 saturated heterocycles. The van der Waals surface area contributed by atoms with Crippen molar-refractivity contribution in [3.63, 3.8) is 0 Å². The number of nitrogens with zero attached hydrogens (tertiary/aromatic N) is 3. The van der Waals surface area contributed by atoms with E-state index in [-0.39, 0.29) is 23.3 Å². The van der Waals surface area contributed by atoms with Gasteiger partial charge < -0.3 is 10.6 Å². The van der Waals surface area contributed by atoms with Gasteiger partial charge in [-0.1, -0.05) is 45.4 Å². The number of nitrogens with two attached hydrogens (primary N) is 1. The SMILES string of the molecule is CC(C)c1c(C(=O)N2CCC(N)C(C)(C)C2)cnn1-c1cccc(Cl)c1. The van der Waals surface area contributed by atoms with Crippen molar-refractivity contribution in [2.75, 3.05) is 13.1 Å². The number of amides is 1. The van der Waals surface area contributed by atoms with Gasteiger partial charge in [0.15, 0.2) is 0 Å². The second-order valence-electron chi connectivity index (χ2n) is 8.10. The van der Waals surface area contributed by atoms with Gasteiger partial charge in [0.1, 0.15) is 0 Å². The average Bonchev–Trinajstić information content (AvgIpc) is 3.02. The third-order valence-corrected chi connectivity index (χ3v) is 5.47. The summed E-state index contributed by atoms with van der Waals surface area (Å²) >= 11 is 6.13. The highest BCUT2D eigenvalue weighted by Crippen LogP contribution is 2.31. The molecular formula is C20H27ClN4O. The first kappa shape index (κ1) is 18.9. The molecule has 1 unspecified atom stereocenters. The van der Waals surface area contributed by atoms with Crippen molar-refractivity contribution >= 4 is 17.5 Å². The molecule has 0 bridgehead atoms. The van der Waals surface area contributed by atoms with Crippen molar-refractivity contribution in [1.29, 1.82) is 0 Å². The van der Waals surface area contributed by atoms with Crippen LogP contribution in [-0.2, 0) is 0 Å². The maximum absolute atomic E-state index is 13.2. The second-order valence-corrected chi connectivity index (χ2v) is 8.54. The normalized spacial score (nSPS) is 19.8. The predicted octanol–water partition coefficient (Wildman–Crippen LogP) is 3.85. The lowest BCUT2D eigenvalue weighted by Gasteiger charge is -2.42. The average molecular weight is 375 g/mol.